The van der Waals surface area contributed by atoms with Crippen LogP contribution in [0, 0.1) is 0 Å². The summed E-state index contributed by atoms with van der Waals surface area (Å²) in [6, 6.07) is 7.56. The molecule has 0 bridgehead atoms. The molecule has 0 fully saturated rings. The van der Waals surface area contributed by atoms with E-state index >= 15 is 0 Å². The smallest absolute Gasteiger partial charge is 0.251 e. The Hall–Kier alpha value is -1.55. The lowest BCUT2D eigenvalue weighted by Gasteiger charge is -2.12. The second kappa shape index (κ2) is 7.71. The first-order chi connectivity index (χ1) is 8.65. The molecule has 4 heteroatoms. The van der Waals surface area contributed by atoms with E-state index in [0.717, 1.165) is 18.7 Å². The molecule has 1 amide bonds. The fraction of sp³-hybridized carbons (Fsp3) is 0.500. The van der Waals surface area contributed by atoms with Crippen LogP contribution in [-0.2, 0) is 4.74 Å². The lowest BCUT2D eigenvalue weighted by Crippen LogP contribution is -2.25. The average molecular weight is 250 g/mol. The first kappa shape index (κ1) is 14.5. The van der Waals surface area contributed by atoms with Crippen LogP contribution < -0.4 is 10.2 Å². The SMILES string of the molecule is CCOCCCNC(=O)c1ccc(N(C)C)cc1. The van der Waals surface area contributed by atoms with Gasteiger partial charge in [-0.2, -0.15) is 0 Å². The van der Waals surface area contributed by atoms with Crippen LogP contribution in [0.25, 0.3) is 0 Å². The van der Waals surface area contributed by atoms with Gasteiger partial charge >= 0.3 is 0 Å². The highest BCUT2D eigenvalue weighted by molar-refractivity contribution is 5.94. The van der Waals surface area contributed by atoms with Crippen molar-refractivity contribution in [3.8, 4) is 0 Å². The van der Waals surface area contributed by atoms with Crippen LogP contribution in [0.4, 0.5) is 5.69 Å². The Kier molecular flexibility index (Phi) is 6.22. The van der Waals surface area contributed by atoms with Gasteiger partial charge in [-0.3, -0.25) is 4.79 Å². The number of amides is 1. The zero-order chi connectivity index (χ0) is 13.4. The third-order valence-electron chi connectivity index (χ3n) is 2.60. The molecule has 0 aliphatic rings. The van der Waals surface area contributed by atoms with Gasteiger partial charge < -0.3 is 15.0 Å². The molecule has 4 nitrogen and oxygen atoms in total. The lowest BCUT2D eigenvalue weighted by atomic mass is 10.2. The molecule has 1 rings (SSSR count). The molecule has 0 saturated carbocycles. The highest BCUT2D eigenvalue weighted by Gasteiger charge is 2.04. The predicted octanol–water partition coefficient (Wildman–Crippen LogP) is 1.91. The fourth-order valence-corrected chi connectivity index (χ4v) is 1.53. The van der Waals surface area contributed by atoms with Gasteiger partial charge in [-0.25, -0.2) is 0 Å². The Bertz CT molecular complexity index is 361. The maximum atomic E-state index is 11.8. The van der Waals surface area contributed by atoms with E-state index in [1.807, 2.05) is 50.2 Å². The lowest BCUT2D eigenvalue weighted by molar-refractivity contribution is 0.0944. The van der Waals surface area contributed by atoms with Gasteiger partial charge in [-0.05, 0) is 37.6 Å². The third-order valence-corrected chi connectivity index (χ3v) is 2.60. The second-order valence-corrected chi connectivity index (χ2v) is 4.25. The zero-order valence-corrected chi connectivity index (χ0v) is 11.4. The maximum Gasteiger partial charge on any atom is 0.251 e. The van der Waals surface area contributed by atoms with Gasteiger partial charge in [0.15, 0.2) is 0 Å². The van der Waals surface area contributed by atoms with Crippen LogP contribution in [0.1, 0.15) is 23.7 Å². The third kappa shape index (κ3) is 4.75. The molecule has 0 atom stereocenters. The topological polar surface area (TPSA) is 41.6 Å². The molecule has 1 aromatic carbocycles. The van der Waals surface area contributed by atoms with E-state index in [2.05, 4.69) is 5.32 Å². The number of ether oxygens (including phenoxy) is 1. The van der Waals surface area contributed by atoms with Crippen LogP contribution in [0.15, 0.2) is 24.3 Å². The molecule has 0 unspecified atom stereocenters. The number of hydrogen-bond acceptors (Lipinski definition) is 3. The van der Waals surface area contributed by atoms with Crippen molar-refractivity contribution in [3.05, 3.63) is 29.8 Å². The van der Waals surface area contributed by atoms with Crippen molar-refractivity contribution in [2.75, 3.05) is 38.8 Å². The van der Waals surface area contributed by atoms with Crippen molar-refractivity contribution in [1.29, 1.82) is 0 Å². The van der Waals surface area contributed by atoms with E-state index in [1.165, 1.54) is 0 Å². The monoisotopic (exact) mass is 250 g/mol. The molecule has 0 saturated heterocycles. The van der Waals surface area contributed by atoms with E-state index in [4.69, 9.17) is 4.74 Å². The second-order valence-electron chi connectivity index (χ2n) is 4.25. The Balaban J connectivity index is 2.37. The van der Waals surface area contributed by atoms with Crippen molar-refractivity contribution >= 4 is 11.6 Å². The normalized spacial score (nSPS) is 10.2. The van der Waals surface area contributed by atoms with Crippen molar-refractivity contribution in [1.82, 2.24) is 5.32 Å². The fourth-order valence-electron chi connectivity index (χ4n) is 1.53. The van der Waals surface area contributed by atoms with Gasteiger partial charge in [0.2, 0.25) is 0 Å². The van der Waals surface area contributed by atoms with Gasteiger partial charge in [0.1, 0.15) is 0 Å². The van der Waals surface area contributed by atoms with E-state index in [0.29, 0.717) is 18.7 Å². The van der Waals surface area contributed by atoms with Crippen LogP contribution in [0.2, 0.25) is 0 Å². The zero-order valence-electron chi connectivity index (χ0n) is 11.4. The van der Waals surface area contributed by atoms with Crippen LogP contribution in [0.3, 0.4) is 0 Å². The maximum absolute atomic E-state index is 11.8. The summed E-state index contributed by atoms with van der Waals surface area (Å²) in [6.45, 7) is 4.02. The van der Waals surface area contributed by atoms with Gasteiger partial charge in [0.05, 0.1) is 0 Å². The number of nitrogens with one attached hydrogen (secondary N) is 1. The number of carbonyl (C=O) groups is 1. The molecule has 0 spiro atoms. The molecule has 0 aliphatic heterocycles. The standard InChI is InChI=1S/C14H22N2O2/c1-4-18-11-5-10-15-14(17)12-6-8-13(9-7-12)16(2)3/h6-9H,4-5,10-11H2,1-3H3,(H,15,17). The van der Waals surface area contributed by atoms with Gasteiger partial charge in [0.25, 0.3) is 5.91 Å². The van der Waals surface area contributed by atoms with E-state index in [9.17, 15) is 4.79 Å². The van der Waals surface area contributed by atoms with Crippen molar-refractivity contribution < 1.29 is 9.53 Å². The van der Waals surface area contributed by atoms with Crippen LogP contribution in [0.5, 0.6) is 0 Å². The summed E-state index contributed by atoms with van der Waals surface area (Å²) in [5.41, 5.74) is 1.78. The van der Waals surface area contributed by atoms with Crippen molar-refractivity contribution in [2.24, 2.45) is 0 Å². The number of anilines is 1. The number of benzene rings is 1. The number of nitrogens with zero attached hydrogens (tertiary/aromatic N) is 1. The molecular weight excluding hydrogens is 228 g/mol. The molecular formula is C14H22N2O2. The summed E-state index contributed by atoms with van der Waals surface area (Å²) >= 11 is 0. The first-order valence-electron chi connectivity index (χ1n) is 6.28. The first-order valence-corrected chi connectivity index (χ1v) is 6.28. The molecule has 0 heterocycles. The van der Waals surface area contributed by atoms with E-state index < -0.39 is 0 Å². The molecule has 100 valence electrons. The van der Waals surface area contributed by atoms with E-state index in [1.54, 1.807) is 0 Å². The minimum Gasteiger partial charge on any atom is -0.382 e. The number of hydrogen-bond donors (Lipinski definition) is 1. The molecule has 0 aliphatic carbocycles. The van der Waals surface area contributed by atoms with Crippen LogP contribution in [-0.4, -0.2) is 39.8 Å². The number of rotatable bonds is 7. The van der Waals surface area contributed by atoms with E-state index in [-0.39, 0.29) is 5.91 Å². The largest absolute Gasteiger partial charge is 0.382 e. The van der Waals surface area contributed by atoms with Crippen LogP contribution >= 0.6 is 0 Å². The van der Waals surface area contributed by atoms with Gasteiger partial charge in [-0.15, -0.1) is 0 Å². The summed E-state index contributed by atoms with van der Waals surface area (Å²) in [7, 11) is 3.95. The molecule has 0 radical (unpaired) electrons. The summed E-state index contributed by atoms with van der Waals surface area (Å²) in [5, 5.41) is 2.87. The molecule has 0 aromatic heterocycles. The Morgan fingerprint density at radius 3 is 2.50 bits per heavy atom. The van der Waals surface area contributed by atoms with Crippen molar-refractivity contribution in [3.63, 3.8) is 0 Å². The Labute approximate surface area is 109 Å². The van der Waals surface area contributed by atoms with Gasteiger partial charge in [-0.1, -0.05) is 0 Å². The minimum absolute atomic E-state index is 0.0307. The highest BCUT2D eigenvalue weighted by Crippen LogP contribution is 2.11. The summed E-state index contributed by atoms with van der Waals surface area (Å²) in [4.78, 5) is 13.8. The summed E-state index contributed by atoms with van der Waals surface area (Å²) < 4.78 is 5.21. The predicted molar refractivity (Wildman–Crippen MR) is 74.2 cm³/mol. The average Bonchev–Trinajstić information content (AvgIpc) is 2.38. The van der Waals surface area contributed by atoms with Crippen molar-refractivity contribution in [2.45, 2.75) is 13.3 Å². The quantitative estimate of drug-likeness (QED) is 0.752. The number of carbonyl (C=O) groups excluding carboxylic acids is 1. The van der Waals surface area contributed by atoms with Gasteiger partial charge in [0, 0.05) is 45.1 Å². The summed E-state index contributed by atoms with van der Waals surface area (Å²) in [5.74, 6) is -0.0307. The Morgan fingerprint density at radius 2 is 1.94 bits per heavy atom. The minimum atomic E-state index is -0.0307. The Morgan fingerprint density at radius 1 is 1.28 bits per heavy atom. The summed E-state index contributed by atoms with van der Waals surface area (Å²) in [6.07, 6.45) is 0.843. The molecule has 18 heavy (non-hydrogen) atoms. The molecule has 1 N–H and O–H groups in total. The highest BCUT2D eigenvalue weighted by atomic mass is 16.5. The molecule has 1 aromatic rings.